The Morgan fingerprint density at radius 1 is 1.38 bits per heavy atom. The van der Waals surface area contributed by atoms with Crippen LogP contribution in [0.25, 0.3) is 0 Å². The van der Waals surface area contributed by atoms with Gasteiger partial charge in [0.1, 0.15) is 17.5 Å². The summed E-state index contributed by atoms with van der Waals surface area (Å²) in [6.07, 6.45) is 2.73. The van der Waals surface area contributed by atoms with Gasteiger partial charge < -0.3 is 15.4 Å². The first-order valence-corrected chi connectivity index (χ1v) is 7.94. The molecular formula is C17H19Cl2N3O2. The number of rotatable bonds is 6. The van der Waals surface area contributed by atoms with Crippen LogP contribution in [0.3, 0.4) is 0 Å². The number of nitrogens with zero attached hydrogens (tertiary/aromatic N) is 1. The molecule has 1 atom stereocenters. The molecule has 0 saturated carbocycles. The highest BCUT2D eigenvalue weighted by Crippen LogP contribution is 2.20. The van der Waals surface area contributed by atoms with E-state index in [1.165, 1.54) is 0 Å². The fourth-order valence-electron chi connectivity index (χ4n) is 2.23. The van der Waals surface area contributed by atoms with Crippen LogP contribution in [0.2, 0.25) is 5.15 Å². The maximum atomic E-state index is 12.1. The highest BCUT2D eigenvalue weighted by molar-refractivity contribution is 6.30. The van der Waals surface area contributed by atoms with Crippen LogP contribution in [-0.4, -0.2) is 30.1 Å². The molecule has 1 amide bonds. The van der Waals surface area contributed by atoms with Crippen LogP contribution >= 0.6 is 24.0 Å². The molecular weight excluding hydrogens is 349 g/mol. The van der Waals surface area contributed by atoms with Gasteiger partial charge in [-0.2, -0.15) is 0 Å². The Balaban J connectivity index is 0.00000208. The third-order valence-corrected chi connectivity index (χ3v) is 4.08. The first-order valence-electron chi connectivity index (χ1n) is 7.56. The smallest absolute Gasteiger partial charge is 0.251 e. The number of amides is 1. The largest absolute Gasteiger partial charge is 0.490 e. The van der Waals surface area contributed by atoms with Gasteiger partial charge in [0, 0.05) is 23.7 Å². The third kappa shape index (κ3) is 4.84. The van der Waals surface area contributed by atoms with E-state index in [0.717, 1.165) is 18.5 Å². The molecule has 1 saturated heterocycles. The Labute approximate surface area is 152 Å². The van der Waals surface area contributed by atoms with Gasteiger partial charge in [-0.15, -0.1) is 12.4 Å². The molecule has 0 radical (unpaired) electrons. The Kier molecular flexibility index (Phi) is 6.85. The van der Waals surface area contributed by atoms with Gasteiger partial charge in [0.25, 0.3) is 5.91 Å². The SMILES string of the molecule is Cl.O=C(NCc1cc(OC[C@@H]2CCN2)cnc1Cl)c1ccccc1. The number of benzene rings is 1. The predicted molar refractivity (Wildman–Crippen MR) is 96.0 cm³/mol. The van der Waals surface area contributed by atoms with Gasteiger partial charge in [-0.25, -0.2) is 4.98 Å². The van der Waals surface area contributed by atoms with E-state index in [1.54, 1.807) is 18.3 Å². The quantitative estimate of drug-likeness (QED) is 0.770. The monoisotopic (exact) mass is 367 g/mol. The van der Waals surface area contributed by atoms with Gasteiger partial charge in [-0.3, -0.25) is 4.79 Å². The molecule has 128 valence electrons. The topological polar surface area (TPSA) is 63.2 Å². The Bertz CT molecular complexity index is 679. The lowest BCUT2D eigenvalue weighted by atomic mass is 10.1. The van der Waals surface area contributed by atoms with E-state index in [-0.39, 0.29) is 18.3 Å². The van der Waals surface area contributed by atoms with E-state index in [2.05, 4.69) is 15.6 Å². The van der Waals surface area contributed by atoms with Gasteiger partial charge in [-0.1, -0.05) is 29.8 Å². The molecule has 0 bridgehead atoms. The second-order valence-electron chi connectivity index (χ2n) is 5.42. The van der Waals surface area contributed by atoms with Crippen LogP contribution in [0, 0.1) is 0 Å². The fraction of sp³-hybridized carbons (Fsp3) is 0.294. The number of aromatic nitrogens is 1. The zero-order valence-corrected chi connectivity index (χ0v) is 14.6. The second-order valence-corrected chi connectivity index (χ2v) is 5.78. The minimum atomic E-state index is -0.147. The number of hydrogen-bond acceptors (Lipinski definition) is 4. The van der Waals surface area contributed by atoms with E-state index in [4.69, 9.17) is 16.3 Å². The number of pyridine rings is 1. The van der Waals surface area contributed by atoms with Gasteiger partial charge in [0.2, 0.25) is 0 Å². The zero-order valence-electron chi connectivity index (χ0n) is 13.0. The van der Waals surface area contributed by atoms with Crippen molar-refractivity contribution in [2.45, 2.75) is 19.0 Å². The molecule has 2 heterocycles. The van der Waals surface area contributed by atoms with E-state index in [0.29, 0.717) is 35.7 Å². The Morgan fingerprint density at radius 2 is 2.12 bits per heavy atom. The lowest BCUT2D eigenvalue weighted by Gasteiger charge is -2.27. The number of halogens is 2. The van der Waals surface area contributed by atoms with Crippen molar-refractivity contribution in [3.05, 3.63) is 58.9 Å². The molecule has 1 fully saturated rings. The normalized spacial score (nSPS) is 15.8. The van der Waals surface area contributed by atoms with E-state index >= 15 is 0 Å². The van der Waals surface area contributed by atoms with Crippen molar-refractivity contribution in [3.8, 4) is 5.75 Å². The van der Waals surface area contributed by atoms with Crippen molar-refractivity contribution in [2.75, 3.05) is 13.2 Å². The number of carbonyl (C=O) groups is 1. The first kappa shape index (κ1) is 18.5. The fourth-order valence-corrected chi connectivity index (χ4v) is 2.40. The van der Waals surface area contributed by atoms with Crippen LogP contribution in [0.5, 0.6) is 5.75 Å². The van der Waals surface area contributed by atoms with Crippen molar-refractivity contribution in [2.24, 2.45) is 0 Å². The summed E-state index contributed by atoms with van der Waals surface area (Å²) in [5, 5.41) is 6.48. The summed E-state index contributed by atoms with van der Waals surface area (Å²) in [4.78, 5) is 16.2. The molecule has 2 aromatic rings. The molecule has 7 heteroatoms. The standard InChI is InChI=1S/C17H18ClN3O2.ClH/c18-16-13(9-21-17(22)12-4-2-1-3-5-12)8-15(10-20-16)23-11-14-6-7-19-14;/h1-5,8,10,14,19H,6-7,9,11H2,(H,21,22);1H/t14-;/m0./s1. The molecule has 2 N–H and O–H groups in total. The van der Waals surface area contributed by atoms with Crippen LogP contribution in [0.1, 0.15) is 22.3 Å². The van der Waals surface area contributed by atoms with Crippen molar-refractivity contribution < 1.29 is 9.53 Å². The Morgan fingerprint density at radius 3 is 2.79 bits per heavy atom. The summed E-state index contributed by atoms with van der Waals surface area (Å²) in [5.74, 6) is 0.513. The molecule has 0 aliphatic carbocycles. The number of ether oxygens (including phenoxy) is 1. The highest BCUT2D eigenvalue weighted by Gasteiger charge is 2.17. The molecule has 1 aromatic heterocycles. The molecule has 1 aliphatic heterocycles. The summed E-state index contributed by atoms with van der Waals surface area (Å²) in [6.45, 7) is 1.96. The molecule has 0 spiro atoms. The summed E-state index contributed by atoms with van der Waals surface area (Å²) >= 11 is 6.10. The lowest BCUT2D eigenvalue weighted by Crippen LogP contribution is -2.46. The van der Waals surface area contributed by atoms with Crippen molar-refractivity contribution in [3.63, 3.8) is 0 Å². The molecule has 1 aromatic carbocycles. The molecule has 3 rings (SSSR count). The molecule has 0 unspecified atom stereocenters. The van der Waals surface area contributed by atoms with Crippen LogP contribution in [0.15, 0.2) is 42.6 Å². The lowest BCUT2D eigenvalue weighted by molar-refractivity contribution is 0.0951. The average Bonchev–Trinajstić information content (AvgIpc) is 2.54. The van der Waals surface area contributed by atoms with Crippen molar-refractivity contribution >= 4 is 29.9 Å². The number of nitrogens with one attached hydrogen (secondary N) is 2. The zero-order chi connectivity index (χ0) is 16.1. The maximum Gasteiger partial charge on any atom is 0.251 e. The summed E-state index contributed by atoms with van der Waals surface area (Å²) in [7, 11) is 0. The minimum Gasteiger partial charge on any atom is -0.490 e. The molecule has 24 heavy (non-hydrogen) atoms. The van der Waals surface area contributed by atoms with Crippen LogP contribution in [0.4, 0.5) is 0 Å². The van der Waals surface area contributed by atoms with Gasteiger partial charge in [0.05, 0.1) is 6.20 Å². The Hall–Kier alpha value is -1.82. The summed E-state index contributed by atoms with van der Waals surface area (Å²) in [6, 6.07) is 11.3. The van der Waals surface area contributed by atoms with Crippen molar-refractivity contribution in [1.29, 1.82) is 0 Å². The van der Waals surface area contributed by atoms with Crippen LogP contribution in [-0.2, 0) is 6.54 Å². The van der Waals surface area contributed by atoms with E-state index in [1.807, 2.05) is 24.3 Å². The minimum absolute atomic E-state index is 0. The first-order chi connectivity index (χ1) is 11.2. The number of carbonyl (C=O) groups excluding carboxylic acids is 1. The third-order valence-electron chi connectivity index (χ3n) is 3.74. The second kappa shape index (κ2) is 8.87. The van der Waals surface area contributed by atoms with Gasteiger partial charge in [-0.05, 0) is 31.2 Å². The van der Waals surface area contributed by atoms with Gasteiger partial charge in [0.15, 0.2) is 0 Å². The summed E-state index contributed by atoms with van der Waals surface area (Å²) < 4.78 is 5.70. The molecule has 1 aliphatic rings. The van der Waals surface area contributed by atoms with Gasteiger partial charge >= 0.3 is 0 Å². The van der Waals surface area contributed by atoms with Crippen molar-refractivity contribution in [1.82, 2.24) is 15.6 Å². The van der Waals surface area contributed by atoms with E-state index < -0.39 is 0 Å². The number of hydrogen-bond donors (Lipinski definition) is 2. The highest BCUT2D eigenvalue weighted by atomic mass is 35.5. The maximum absolute atomic E-state index is 12.1. The van der Waals surface area contributed by atoms with Crippen LogP contribution < -0.4 is 15.4 Å². The molecule has 5 nitrogen and oxygen atoms in total. The predicted octanol–water partition coefficient (Wildman–Crippen LogP) is 2.83. The average molecular weight is 368 g/mol. The summed E-state index contributed by atoms with van der Waals surface area (Å²) in [5.41, 5.74) is 1.34. The van der Waals surface area contributed by atoms with E-state index in [9.17, 15) is 4.79 Å².